The van der Waals surface area contributed by atoms with Gasteiger partial charge in [0.2, 0.25) is 11.8 Å². The highest BCUT2D eigenvalue weighted by atomic mass is 16.5. The number of rotatable bonds is 15. The standard InChI is InChI=1S/C27H39N3O3/c1-4-9-21(3)20-33-24-14-12-23(13-15-24)25(18-29-27(32)19-28-16-5-2)30-26(31)17-22-10-7-6-8-11-22/h6-8,10-15,21,25,28H,4-5,9,16-20H2,1-3H3,(H,29,32)(H,30,31). The normalized spacial score (nSPS) is 12.6. The first-order valence-electron chi connectivity index (χ1n) is 12.0. The lowest BCUT2D eigenvalue weighted by Crippen LogP contribution is -2.41. The molecule has 0 heterocycles. The summed E-state index contributed by atoms with van der Waals surface area (Å²) in [7, 11) is 0. The minimum atomic E-state index is -0.329. The van der Waals surface area contributed by atoms with Crippen LogP contribution in [0, 0.1) is 5.92 Å². The second kappa shape index (κ2) is 15.1. The van der Waals surface area contributed by atoms with E-state index in [0.717, 1.165) is 42.7 Å². The zero-order valence-corrected chi connectivity index (χ0v) is 20.2. The predicted octanol–water partition coefficient (Wildman–Crippen LogP) is 4.02. The topological polar surface area (TPSA) is 79.5 Å². The second-order valence-corrected chi connectivity index (χ2v) is 8.54. The van der Waals surface area contributed by atoms with E-state index in [9.17, 15) is 9.59 Å². The van der Waals surface area contributed by atoms with Crippen molar-refractivity contribution in [1.29, 1.82) is 0 Å². The van der Waals surface area contributed by atoms with E-state index < -0.39 is 0 Å². The van der Waals surface area contributed by atoms with Crippen LogP contribution >= 0.6 is 0 Å². The van der Waals surface area contributed by atoms with E-state index in [2.05, 4.69) is 36.7 Å². The third-order valence-electron chi connectivity index (χ3n) is 5.36. The molecule has 0 saturated carbocycles. The van der Waals surface area contributed by atoms with Gasteiger partial charge in [0, 0.05) is 6.54 Å². The molecule has 2 atom stereocenters. The van der Waals surface area contributed by atoms with Crippen LogP contribution in [0.1, 0.15) is 57.2 Å². The summed E-state index contributed by atoms with van der Waals surface area (Å²) in [6.07, 6.45) is 3.55. The number of hydrogen-bond donors (Lipinski definition) is 3. The molecule has 0 fully saturated rings. The van der Waals surface area contributed by atoms with Gasteiger partial charge in [0.25, 0.3) is 0 Å². The first kappa shape index (κ1) is 26.4. The van der Waals surface area contributed by atoms with E-state index in [1.807, 2.05) is 54.6 Å². The summed E-state index contributed by atoms with van der Waals surface area (Å²) in [4.78, 5) is 24.9. The van der Waals surface area contributed by atoms with Gasteiger partial charge < -0.3 is 20.7 Å². The SMILES string of the molecule is CCCNCC(=O)NCC(NC(=O)Cc1ccccc1)c1ccc(OCC(C)CCC)cc1. The summed E-state index contributed by atoms with van der Waals surface area (Å²) in [6, 6.07) is 17.1. The number of ether oxygens (including phenoxy) is 1. The molecule has 0 aliphatic heterocycles. The van der Waals surface area contributed by atoms with Crippen molar-refractivity contribution in [3.8, 4) is 5.75 Å². The van der Waals surface area contributed by atoms with Gasteiger partial charge >= 0.3 is 0 Å². The van der Waals surface area contributed by atoms with Crippen LogP contribution in [0.5, 0.6) is 5.75 Å². The van der Waals surface area contributed by atoms with E-state index in [0.29, 0.717) is 25.5 Å². The molecule has 2 aromatic carbocycles. The van der Waals surface area contributed by atoms with E-state index in [1.54, 1.807) is 0 Å². The molecule has 2 unspecified atom stereocenters. The second-order valence-electron chi connectivity index (χ2n) is 8.54. The summed E-state index contributed by atoms with van der Waals surface area (Å²) in [5, 5.41) is 9.10. The van der Waals surface area contributed by atoms with Crippen LogP contribution in [-0.2, 0) is 16.0 Å². The van der Waals surface area contributed by atoms with Crippen molar-refractivity contribution in [3.63, 3.8) is 0 Å². The maximum Gasteiger partial charge on any atom is 0.234 e. The third kappa shape index (κ3) is 10.5. The molecule has 0 aromatic heterocycles. The highest BCUT2D eigenvalue weighted by Gasteiger charge is 2.16. The van der Waals surface area contributed by atoms with Crippen LogP contribution in [0.15, 0.2) is 54.6 Å². The molecule has 6 nitrogen and oxygen atoms in total. The molecule has 180 valence electrons. The monoisotopic (exact) mass is 453 g/mol. The van der Waals surface area contributed by atoms with Crippen LogP contribution in [0.3, 0.4) is 0 Å². The zero-order valence-electron chi connectivity index (χ0n) is 20.2. The van der Waals surface area contributed by atoms with Gasteiger partial charge in [-0.25, -0.2) is 0 Å². The van der Waals surface area contributed by atoms with Gasteiger partial charge in [-0.1, -0.05) is 69.7 Å². The highest BCUT2D eigenvalue weighted by molar-refractivity contribution is 5.80. The molecule has 0 aliphatic rings. The van der Waals surface area contributed by atoms with Gasteiger partial charge in [-0.3, -0.25) is 9.59 Å². The molecular weight excluding hydrogens is 414 g/mol. The van der Waals surface area contributed by atoms with Gasteiger partial charge in [-0.2, -0.15) is 0 Å². The maximum absolute atomic E-state index is 12.7. The molecule has 0 saturated heterocycles. The van der Waals surface area contributed by atoms with Gasteiger partial charge in [0.1, 0.15) is 5.75 Å². The predicted molar refractivity (Wildman–Crippen MR) is 133 cm³/mol. The average Bonchev–Trinajstić information content (AvgIpc) is 2.82. The quantitative estimate of drug-likeness (QED) is 0.356. The summed E-state index contributed by atoms with van der Waals surface area (Å²) in [5.41, 5.74) is 1.87. The molecule has 0 aliphatic carbocycles. The Kier molecular flexibility index (Phi) is 12.0. The van der Waals surface area contributed by atoms with Crippen molar-refractivity contribution in [2.75, 3.05) is 26.2 Å². The Bertz CT molecular complexity index is 824. The average molecular weight is 454 g/mol. The fourth-order valence-corrected chi connectivity index (χ4v) is 3.55. The molecule has 3 N–H and O–H groups in total. The number of benzene rings is 2. The molecule has 2 aromatic rings. The molecule has 33 heavy (non-hydrogen) atoms. The largest absolute Gasteiger partial charge is 0.493 e. The van der Waals surface area contributed by atoms with Gasteiger partial charge in [-0.05, 0) is 48.6 Å². The molecular formula is C27H39N3O3. The zero-order chi connectivity index (χ0) is 23.9. The molecule has 6 heteroatoms. The lowest BCUT2D eigenvalue weighted by atomic mass is 10.1. The molecule has 0 bridgehead atoms. The van der Waals surface area contributed by atoms with Gasteiger partial charge in [-0.15, -0.1) is 0 Å². The molecule has 0 radical (unpaired) electrons. The van der Waals surface area contributed by atoms with E-state index in [1.165, 1.54) is 0 Å². The van der Waals surface area contributed by atoms with Crippen LogP contribution in [0.4, 0.5) is 0 Å². The van der Waals surface area contributed by atoms with Crippen LogP contribution in [0.25, 0.3) is 0 Å². The van der Waals surface area contributed by atoms with E-state index in [4.69, 9.17) is 4.74 Å². The van der Waals surface area contributed by atoms with Gasteiger partial charge in [0.05, 0.1) is 25.6 Å². The number of amides is 2. The Morgan fingerprint density at radius 1 is 0.939 bits per heavy atom. The van der Waals surface area contributed by atoms with Crippen molar-refractivity contribution in [3.05, 3.63) is 65.7 Å². The van der Waals surface area contributed by atoms with Crippen molar-refractivity contribution in [2.24, 2.45) is 5.92 Å². The summed E-state index contributed by atoms with van der Waals surface area (Å²) >= 11 is 0. The molecule has 2 rings (SSSR count). The maximum atomic E-state index is 12.7. The van der Waals surface area contributed by atoms with Crippen LogP contribution in [-0.4, -0.2) is 38.1 Å². The summed E-state index contributed by atoms with van der Waals surface area (Å²) in [6.45, 7) is 8.49. The van der Waals surface area contributed by atoms with Gasteiger partial charge in [0.15, 0.2) is 0 Å². The molecule has 2 amide bonds. The van der Waals surface area contributed by atoms with Crippen molar-refractivity contribution >= 4 is 11.8 Å². The Labute approximate surface area is 198 Å². The number of hydrogen-bond acceptors (Lipinski definition) is 4. The van der Waals surface area contributed by atoms with Crippen molar-refractivity contribution in [1.82, 2.24) is 16.0 Å². The van der Waals surface area contributed by atoms with Crippen LogP contribution < -0.4 is 20.7 Å². The smallest absolute Gasteiger partial charge is 0.234 e. The minimum absolute atomic E-state index is 0.0849. The fraction of sp³-hybridized carbons (Fsp3) is 0.481. The minimum Gasteiger partial charge on any atom is -0.493 e. The third-order valence-corrected chi connectivity index (χ3v) is 5.36. The number of nitrogens with one attached hydrogen (secondary N) is 3. The number of carbonyl (C=O) groups is 2. The van der Waals surface area contributed by atoms with Crippen molar-refractivity contribution < 1.29 is 14.3 Å². The Balaban J connectivity index is 2.00. The van der Waals surface area contributed by atoms with Crippen molar-refractivity contribution in [2.45, 2.75) is 52.5 Å². The Morgan fingerprint density at radius 2 is 1.67 bits per heavy atom. The summed E-state index contributed by atoms with van der Waals surface area (Å²) < 4.78 is 5.90. The Morgan fingerprint density at radius 3 is 2.33 bits per heavy atom. The van der Waals surface area contributed by atoms with E-state index >= 15 is 0 Å². The first-order chi connectivity index (χ1) is 16.0. The Hall–Kier alpha value is -2.86. The molecule has 0 spiro atoms. The highest BCUT2D eigenvalue weighted by Crippen LogP contribution is 2.19. The first-order valence-corrected chi connectivity index (χ1v) is 12.0. The summed E-state index contributed by atoms with van der Waals surface area (Å²) in [5.74, 6) is 1.15. The lowest BCUT2D eigenvalue weighted by Gasteiger charge is -2.21. The van der Waals surface area contributed by atoms with Crippen LogP contribution in [0.2, 0.25) is 0 Å². The fourth-order valence-electron chi connectivity index (χ4n) is 3.55. The lowest BCUT2D eigenvalue weighted by molar-refractivity contribution is -0.123. The number of carbonyl (C=O) groups excluding carboxylic acids is 2. The van der Waals surface area contributed by atoms with E-state index in [-0.39, 0.29) is 24.4 Å².